The summed E-state index contributed by atoms with van der Waals surface area (Å²) in [5.74, 6) is 0.817. The second-order valence-corrected chi connectivity index (χ2v) is 8.77. The number of rotatable bonds is 10. The van der Waals surface area contributed by atoms with Crippen molar-refractivity contribution < 1.29 is 4.79 Å². The number of benzene rings is 1. The highest BCUT2D eigenvalue weighted by Crippen LogP contribution is 2.24. The number of unbranched alkanes of at least 4 members (excludes halogenated alkanes) is 1. The number of aliphatic imine (C=N–C) groups is 1. The van der Waals surface area contributed by atoms with Crippen molar-refractivity contribution in [3.63, 3.8) is 0 Å². The number of nitrogens with one attached hydrogen (secondary N) is 2. The maximum atomic E-state index is 11.3. The van der Waals surface area contributed by atoms with Crippen LogP contribution in [0.1, 0.15) is 50.1 Å². The lowest BCUT2D eigenvalue weighted by Crippen LogP contribution is -2.43. The van der Waals surface area contributed by atoms with Gasteiger partial charge in [0.05, 0.1) is 6.04 Å². The Labute approximate surface area is 210 Å². The van der Waals surface area contributed by atoms with Gasteiger partial charge in [-0.3, -0.25) is 14.7 Å². The average Bonchev–Trinajstić information content (AvgIpc) is 3.33. The monoisotopic (exact) mass is 556 g/mol. The number of nitrogens with zero attached hydrogens (tertiary/aromatic N) is 3. The molecule has 2 fully saturated rings. The first-order valence-corrected chi connectivity index (χ1v) is 11.9. The van der Waals surface area contributed by atoms with Crippen LogP contribution in [0.15, 0.2) is 35.3 Å². The quantitative estimate of drug-likeness (QED) is 0.179. The van der Waals surface area contributed by atoms with Gasteiger partial charge in [-0.2, -0.15) is 0 Å². The fraction of sp³-hybridized carbons (Fsp3) is 0.667. The molecule has 2 aliphatic heterocycles. The summed E-state index contributed by atoms with van der Waals surface area (Å²) in [5, 5.41) is 7.01. The van der Waals surface area contributed by atoms with Crippen molar-refractivity contribution >= 4 is 35.8 Å². The highest BCUT2D eigenvalue weighted by molar-refractivity contribution is 14.0. The Bertz CT molecular complexity index is 687. The molecule has 32 heavy (non-hydrogen) atoms. The molecule has 0 aromatic heterocycles. The van der Waals surface area contributed by atoms with Crippen LogP contribution in [0.4, 0.5) is 0 Å². The molecule has 1 unspecified atom stereocenters. The molecule has 2 heterocycles. The van der Waals surface area contributed by atoms with E-state index in [1.165, 1.54) is 31.5 Å². The normalized spacial score (nSPS) is 19.3. The van der Waals surface area contributed by atoms with Gasteiger partial charge in [0, 0.05) is 26.1 Å². The van der Waals surface area contributed by atoms with Crippen molar-refractivity contribution in [1.29, 1.82) is 0 Å². The Morgan fingerprint density at radius 2 is 1.78 bits per heavy atom. The van der Waals surface area contributed by atoms with E-state index in [-0.39, 0.29) is 35.8 Å². The molecule has 2 aliphatic rings. The first-order chi connectivity index (χ1) is 15.2. The number of piperidine rings is 1. The molecular formula is C24H41IN6O. The smallest absolute Gasteiger partial charge is 0.220 e. The van der Waals surface area contributed by atoms with Crippen LogP contribution in [0, 0.1) is 5.92 Å². The number of primary amides is 1. The topological polar surface area (TPSA) is 86.0 Å². The van der Waals surface area contributed by atoms with Crippen molar-refractivity contribution in [3.05, 3.63) is 35.9 Å². The molecule has 1 aromatic rings. The number of halogens is 1. The summed E-state index contributed by atoms with van der Waals surface area (Å²) in [5.41, 5.74) is 6.79. The van der Waals surface area contributed by atoms with E-state index in [9.17, 15) is 4.79 Å². The molecule has 0 aliphatic carbocycles. The predicted octanol–water partition coefficient (Wildman–Crippen LogP) is 2.58. The van der Waals surface area contributed by atoms with Crippen LogP contribution in [0.2, 0.25) is 0 Å². The molecule has 0 saturated carbocycles. The van der Waals surface area contributed by atoms with Crippen LogP contribution in [0.3, 0.4) is 0 Å². The molecule has 0 radical (unpaired) electrons. The zero-order valence-corrected chi connectivity index (χ0v) is 21.8. The lowest BCUT2D eigenvalue weighted by Gasteiger charge is -2.30. The fourth-order valence-electron chi connectivity index (χ4n) is 4.71. The molecular weight excluding hydrogens is 515 g/mol. The number of guanidine groups is 1. The Hall–Kier alpha value is -1.39. The van der Waals surface area contributed by atoms with E-state index in [1.807, 2.05) is 7.05 Å². The van der Waals surface area contributed by atoms with Crippen molar-refractivity contribution in [2.24, 2.45) is 16.6 Å². The number of carbonyl (C=O) groups is 1. The number of hydrogen-bond acceptors (Lipinski definition) is 4. The number of amides is 1. The summed E-state index contributed by atoms with van der Waals surface area (Å²) in [7, 11) is 1.84. The molecule has 0 bridgehead atoms. The van der Waals surface area contributed by atoms with E-state index in [2.05, 4.69) is 55.8 Å². The van der Waals surface area contributed by atoms with Crippen LogP contribution in [-0.2, 0) is 4.79 Å². The van der Waals surface area contributed by atoms with Gasteiger partial charge in [-0.15, -0.1) is 24.0 Å². The fourth-order valence-corrected chi connectivity index (χ4v) is 4.71. The lowest BCUT2D eigenvalue weighted by atomic mass is 9.96. The molecule has 3 rings (SSSR count). The standard InChI is InChI=1S/C24H40N6O.HI/c1-26-24(27-13-5-6-14-29-17-11-21(12-18-29)23(25)31)28-19-22(30-15-7-8-16-30)20-9-3-2-4-10-20;/h2-4,9-10,21-22H,5-8,11-19H2,1H3,(H2,25,31)(H2,26,27,28);1H. The second-order valence-electron chi connectivity index (χ2n) is 8.77. The molecule has 1 atom stereocenters. The van der Waals surface area contributed by atoms with Gasteiger partial charge in [-0.25, -0.2) is 0 Å². The molecule has 4 N–H and O–H groups in total. The molecule has 1 aromatic carbocycles. The molecule has 0 spiro atoms. The Kier molecular flexibility index (Phi) is 12.3. The van der Waals surface area contributed by atoms with Crippen LogP contribution >= 0.6 is 24.0 Å². The lowest BCUT2D eigenvalue weighted by molar-refractivity contribution is -0.123. The zero-order chi connectivity index (χ0) is 21.9. The number of carbonyl (C=O) groups excluding carboxylic acids is 1. The Balaban J connectivity index is 0.00000363. The van der Waals surface area contributed by atoms with Gasteiger partial charge in [0.2, 0.25) is 5.91 Å². The van der Waals surface area contributed by atoms with Crippen LogP contribution in [0.5, 0.6) is 0 Å². The molecule has 180 valence electrons. The van der Waals surface area contributed by atoms with E-state index in [1.54, 1.807) is 0 Å². The molecule has 1 amide bonds. The van der Waals surface area contributed by atoms with Crippen molar-refractivity contribution in [3.8, 4) is 0 Å². The maximum Gasteiger partial charge on any atom is 0.220 e. The summed E-state index contributed by atoms with van der Waals surface area (Å²) in [6.45, 7) is 7.18. The summed E-state index contributed by atoms with van der Waals surface area (Å²) >= 11 is 0. The van der Waals surface area contributed by atoms with Crippen molar-refractivity contribution in [2.45, 2.75) is 44.6 Å². The SMILES string of the molecule is CN=C(NCCCCN1CCC(C(N)=O)CC1)NCC(c1ccccc1)N1CCCC1.I. The Morgan fingerprint density at radius 3 is 2.41 bits per heavy atom. The van der Waals surface area contributed by atoms with Gasteiger partial charge in [-0.05, 0) is 76.8 Å². The zero-order valence-electron chi connectivity index (χ0n) is 19.5. The van der Waals surface area contributed by atoms with E-state index in [0.29, 0.717) is 6.04 Å². The van der Waals surface area contributed by atoms with Gasteiger partial charge in [-0.1, -0.05) is 30.3 Å². The van der Waals surface area contributed by atoms with E-state index >= 15 is 0 Å². The minimum absolute atomic E-state index is 0. The average molecular weight is 557 g/mol. The van der Waals surface area contributed by atoms with Crippen LogP contribution < -0.4 is 16.4 Å². The largest absolute Gasteiger partial charge is 0.369 e. The van der Waals surface area contributed by atoms with Crippen molar-refractivity contribution in [2.75, 3.05) is 52.9 Å². The van der Waals surface area contributed by atoms with Crippen LogP contribution in [0.25, 0.3) is 0 Å². The minimum atomic E-state index is -0.137. The molecule has 8 heteroatoms. The second kappa shape index (κ2) is 14.7. The van der Waals surface area contributed by atoms with Gasteiger partial charge in [0.25, 0.3) is 0 Å². The highest BCUT2D eigenvalue weighted by atomic mass is 127. The van der Waals surface area contributed by atoms with Gasteiger partial charge in [0.15, 0.2) is 5.96 Å². The van der Waals surface area contributed by atoms with Gasteiger partial charge < -0.3 is 21.3 Å². The maximum absolute atomic E-state index is 11.3. The number of likely N-dealkylation sites (tertiary alicyclic amines) is 2. The number of hydrogen-bond donors (Lipinski definition) is 3. The third kappa shape index (κ3) is 8.51. The third-order valence-corrected chi connectivity index (χ3v) is 6.64. The first-order valence-electron chi connectivity index (χ1n) is 11.9. The number of nitrogens with two attached hydrogens (primary N) is 1. The first kappa shape index (κ1) is 26.9. The molecule has 2 saturated heterocycles. The summed E-state index contributed by atoms with van der Waals surface area (Å²) in [4.78, 5) is 20.7. The Morgan fingerprint density at radius 1 is 1.09 bits per heavy atom. The molecule has 7 nitrogen and oxygen atoms in total. The summed E-state index contributed by atoms with van der Waals surface area (Å²) in [6, 6.07) is 11.2. The highest BCUT2D eigenvalue weighted by Gasteiger charge is 2.24. The van der Waals surface area contributed by atoms with E-state index in [0.717, 1.165) is 64.4 Å². The van der Waals surface area contributed by atoms with E-state index in [4.69, 9.17) is 5.73 Å². The van der Waals surface area contributed by atoms with E-state index < -0.39 is 0 Å². The minimum Gasteiger partial charge on any atom is -0.369 e. The summed E-state index contributed by atoms with van der Waals surface area (Å²) in [6.07, 6.45) is 6.64. The summed E-state index contributed by atoms with van der Waals surface area (Å²) < 4.78 is 0. The van der Waals surface area contributed by atoms with Crippen LogP contribution in [-0.4, -0.2) is 74.5 Å². The predicted molar refractivity (Wildman–Crippen MR) is 142 cm³/mol. The third-order valence-electron chi connectivity index (χ3n) is 6.64. The van der Waals surface area contributed by atoms with Crippen molar-refractivity contribution in [1.82, 2.24) is 20.4 Å². The van der Waals surface area contributed by atoms with Gasteiger partial charge >= 0.3 is 0 Å². The van der Waals surface area contributed by atoms with Gasteiger partial charge in [0.1, 0.15) is 0 Å².